The largest absolute Gasteiger partial charge is 0.463 e. The fourth-order valence-electron chi connectivity index (χ4n) is 4.94. The average molecular weight is 633 g/mol. The molecule has 1 atom stereocenters. The Morgan fingerprint density at radius 1 is 0.568 bits per heavy atom. The van der Waals surface area contributed by atoms with E-state index in [4.69, 9.17) is 18.1 Å². The van der Waals surface area contributed by atoms with E-state index in [0.29, 0.717) is 6.61 Å². The highest BCUT2D eigenvalue weighted by atomic mass is 31.2. The molecule has 5 rings (SSSR count). The lowest BCUT2D eigenvalue weighted by Crippen LogP contribution is -2.09. The first-order valence-electron chi connectivity index (χ1n) is 16.0. The molecule has 0 aromatic heterocycles. The first-order chi connectivity index (χ1) is 21.7. The predicted octanol–water partition coefficient (Wildman–Crippen LogP) is 11.5. The molecular formula is C37H46O5P2. The van der Waals surface area contributed by atoms with Gasteiger partial charge in [-0.05, 0) is 48.4 Å². The molecule has 5 nitrogen and oxygen atoms in total. The molecule has 1 aliphatic rings. The van der Waals surface area contributed by atoms with E-state index in [1.54, 1.807) is 0 Å². The van der Waals surface area contributed by atoms with Crippen LogP contribution in [0.25, 0.3) is 11.1 Å². The molecule has 4 aromatic carbocycles. The summed E-state index contributed by atoms with van der Waals surface area (Å²) in [5.41, 5.74) is 2.06. The van der Waals surface area contributed by atoms with Crippen molar-refractivity contribution in [2.75, 3.05) is 6.61 Å². The molecule has 44 heavy (non-hydrogen) atoms. The van der Waals surface area contributed by atoms with Crippen molar-refractivity contribution in [3.8, 4) is 28.4 Å². The second-order valence-electron chi connectivity index (χ2n) is 10.8. The van der Waals surface area contributed by atoms with E-state index in [-0.39, 0.29) is 0 Å². The van der Waals surface area contributed by atoms with Crippen molar-refractivity contribution in [3.05, 3.63) is 109 Å². The van der Waals surface area contributed by atoms with Gasteiger partial charge in [0.05, 0.1) is 11.9 Å². The highest BCUT2D eigenvalue weighted by Gasteiger charge is 2.21. The molecule has 0 saturated carbocycles. The minimum Gasteiger partial charge on any atom is -0.441 e. The third kappa shape index (κ3) is 11.8. The summed E-state index contributed by atoms with van der Waals surface area (Å²) in [6.07, 6.45) is 14.6. The molecular weight excluding hydrogens is 586 g/mol. The average Bonchev–Trinajstić information content (AvgIpc) is 3.07. The second-order valence-corrected chi connectivity index (χ2v) is 13.2. The summed E-state index contributed by atoms with van der Waals surface area (Å²) in [5.74, 6) is 2.27. The van der Waals surface area contributed by atoms with Crippen molar-refractivity contribution in [2.45, 2.75) is 77.6 Å². The first kappa shape index (κ1) is 33.8. The zero-order valence-corrected chi connectivity index (χ0v) is 27.8. The Balaban J connectivity index is 0.000000243. The lowest BCUT2D eigenvalue weighted by Gasteiger charge is -2.19. The molecule has 1 aliphatic heterocycles. The summed E-state index contributed by atoms with van der Waals surface area (Å²) in [6.45, 7) is 2.94. The van der Waals surface area contributed by atoms with Gasteiger partial charge in [-0.3, -0.25) is 9.09 Å². The van der Waals surface area contributed by atoms with Crippen molar-refractivity contribution in [2.24, 2.45) is 0 Å². The van der Waals surface area contributed by atoms with Gasteiger partial charge in [0.1, 0.15) is 17.2 Å². The number of unbranched alkanes of at least 4 members (excludes halogenated alkanes) is 10. The molecule has 7 heteroatoms. The van der Waals surface area contributed by atoms with Crippen molar-refractivity contribution in [1.29, 1.82) is 0 Å². The molecule has 0 aliphatic carbocycles. The summed E-state index contributed by atoms with van der Waals surface area (Å²) in [7, 11) is -3.56. The van der Waals surface area contributed by atoms with Gasteiger partial charge in [-0.2, -0.15) is 0 Å². The summed E-state index contributed by atoms with van der Waals surface area (Å²) in [4.78, 5) is 0. The molecule has 0 bridgehead atoms. The second kappa shape index (κ2) is 20.0. The van der Waals surface area contributed by atoms with Crippen LogP contribution in [0.3, 0.4) is 0 Å². The van der Waals surface area contributed by atoms with Crippen LogP contribution in [-0.2, 0) is 9.09 Å². The standard InChI is InChI=1S/C25H37O3P.C12H9O2P/c1-2-3-4-5-6-7-8-9-10-11-18-23-26-29(27-24-19-14-12-15-20-24)28-25-21-16-13-17-22-25;13-15-12-8-4-2-6-10(12)9-5-1-3-7-11(9)14-15/h12-17,19-22H,2-11,18,23H2,1H3;1-8,15H. The van der Waals surface area contributed by atoms with E-state index in [0.717, 1.165) is 40.1 Å². The van der Waals surface area contributed by atoms with Crippen molar-refractivity contribution in [3.63, 3.8) is 0 Å². The van der Waals surface area contributed by atoms with Crippen LogP contribution in [0, 0.1) is 0 Å². The van der Waals surface area contributed by atoms with E-state index in [2.05, 4.69) is 6.92 Å². The highest BCUT2D eigenvalue weighted by Crippen LogP contribution is 2.42. The van der Waals surface area contributed by atoms with Crippen LogP contribution in [0.4, 0.5) is 0 Å². The maximum Gasteiger partial charge on any atom is 0.463 e. The molecule has 1 unspecified atom stereocenters. The van der Waals surface area contributed by atoms with Gasteiger partial charge in [-0.15, -0.1) is 0 Å². The fourth-order valence-corrected chi connectivity index (χ4v) is 7.11. The van der Waals surface area contributed by atoms with Crippen LogP contribution in [0.15, 0.2) is 109 Å². The smallest absolute Gasteiger partial charge is 0.441 e. The molecule has 0 N–H and O–H groups in total. The maximum absolute atomic E-state index is 11.8. The number of benzene rings is 4. The lowest BCUT2D eigenvalue weighted by atomic mass is 10.0. The first-order valence-corrected chi connectivity index (χ1v) is 18.5. The van der Waals surface area contributed by atoms with Gasteiger partial charge in [0, 0.05) is 5.56 Å². The van der Waals surface area contributed by atoms with Crippen LogP contribution in [0.2, 0.25) is 0 Å². The molecule has 0 radical (unpaired) electrons. The molecule has 234 valence electrons. The highest BCUT2D eigenvalue weighted by molar-refractivity contribution is 7.49. The van der Waals surface area contributed by atoms with Gasteiger partial charge >= 0.3 is 8.60 Å². The minimum absolute atomic E-state index is 0.669. The van der Waals surface area contributed by atoms with Gasteiger partial charge in [-0.1, -0.05) is 144 Å². The lowest BCUT2D eigenvalue weighted by molar-refractivity contribution is 0.258. The predicted molar refractivity (Wildman–Crippen MR) is 185 cm³/mol. The molecule has 1 heterocycles. The number of hydrogen-bond donors (Lipinski definition) is 0. The van der Waals surface area contributed by atoms with Gasteiger partial charge in [0.25, 0.3) is 8.03 Å². The Morgan fingerprint density at radius 2 is 1.05 bits per heavy atom. The van der Waals surface area contributed by atoms with E-state index in [1.807, 2.05) is 109 Å². The van der Waals surface area contributed by atoms with Crippen molar-refractivity contribution >= 4 is 21.9 Å². The van der Waals surface area contributed by atoms with Gasteiger partial charge in [-0.25, -0.2) is 0 Å². The zero-order chi connectivity index (χ0) is 30.7. The minimum atomic E-state index is -2.11. The molecule has 4 aromatic rings. The Hall–Kier alpha value is -3.10. The Kier molecular flexibility index (Phi) is 15.4. The Morgan fingerprint density at radius 3 is 1.64 bits per heavy atom. The monoisotopic (exact) mass is 632 g/mol. The van der Waals surface area contributed by atoms with Crippen LogP contribution in [0.5, 0.6) is 17.2 Å². The van der Waals surface area contributed by atoms with Gasteiger partial charge < -0.3 is 13.6 Å². The summed E-state index contributed by atoms with van der Waals surface area (Å²) >= 11 is 0. The van der Waals surface area contributed by atoms with E-state index in [1.165, 1.54) is 64.2 Å². The fraction of sp³-hybridized carbons (Fsp3) is 0.351. The molecule has 0 fully saturated rings. The topological polar surface area (TPSA) is 54.0 Å². The SMILES string of the molecule is CCCCCCCCCCCCCOP(Oc1ccccc1)Oc1ccccc1.O=[PH]1Oc2ccccc2-c2ccccc21. The number of fused-ring (bicyclic) bond motifs is 3. The van der Waals surface area contributed by atoms with E-state index in [9.17, 15) is 4.57 Å². The number of para-hydroxylation sites is 3. The normalized spacial score (nSPS) is 13.2. The van der Waals surface area contributed by atoms with Crippen molar-refractivity contribution < 1.29 is 22.7 Å². The van der Waals surface area contributed by atoms with E-state index >= 15 is 0 Å². The van der Waals surface area contributed by atoms with Crippen LogP contribution < -0.4 is 18.9 Å². The maximum atomic E-state index is 11.8. The Labute approximate surface area is 265 Å². The zero-order valence-electron chi connectivity index (χ0n) is 25.9. The Bertz CT molecular complexity index is 1330. The molecule has 0 spiro atoms. The third-order valence-electron chi connectivity index (χ3n) is 7.32. The quantitative estimate of drug-likeness (QED) is 0.0856. The number of hydrogen-bond acceptors (Lipinski definition) is 5. The van der Waals surface area contributed by atoms with Crippen LogP contribution in [-0.4, -0.2) is 6.61 Å². The summed E-state index contributed by atoms with van der Waals surface area (Å²) in [6, 6.07) is 34.8. The molecule has 0 saturated heterocycles. The number of rotatable bonds is 17. The molecule has 0 amide bonds. The van der Waals surface area contributed by atoms with Crippen LogP contribution in [0.1, 0.15) is 77.6 Å². The summed E-state index contributed by atoms with van der Waals surface area (Å²) in [5, 5.41) is 0.821. The van der Waals surface area contributed by atoms with Crippen LogP contribution >= 0.6 is 16.6 Å². The van der Waals surface area contributed by atoms with Gasteiger partial charge in [0.15, 0.2) is 0 Å². The van der Waals surface area contributed by atoms with E-state index < -0.39 is 16.6 Å². The van der Waals surface area contributed by atoms with Crippen molar-refractivity contribution in [1.82, 2.24) is 0 Å². The van der Waals surface area contributed by atoms with Gasteiger partial charge in [0.2, 0.25) is 0 Å². The summed E-state index contributed by atoms with van der Waals surface area (Å²) < 4.78 is 35.0. The third-order valence-corrected chi connectivity index (χ3v) is 9.71.